The van der Waals surface area contributed by atoms with Crippen LogP contribution in [0.2, 0.25) is 0 Å². The van der Waals surface area contributed by atoms with Crippen molar-refractivity contribution in [2.45, 2.75) is 0 Å². The minimum Gasteiger partial charge on any atom is -0.288 e. The fraction of sp³-hybridized carbons (Fsp3) is 0. The molecule has 0 radical (unpaired) electrons. The Labute approximate surface area is 158 Å². The molecule has 0 aromatic heterocycles. The van der Waals surface area contributed by atoms with Gasteiger partial charge in [-0.3, -0.25) is 4.79 Å². The molecule has 0 aliphatic heterocycles. The number of ketones is 1. The largest absolute Gasteiger partial charge is 0.288 e. The number of halogens is 2. The van der Waals surface area contributed by atoms with E-state index in [-0.39, 0.29) is 5.78 Å². The van der Waals surface area contributed by atoms with Crippen LogP contribution in [0.25, 0.3) is 17.2 Å². The van der Waals surface area contributed by atoms with Crippen LogP contribution in [-0.4, -0.2) is 5.78 Å². The van der Waals surface area contributed by atoms with Crippen molar-refractivity contribution in [1.82, 2.24) is 0 Å². The Bertz CT molecular complexity index is 864. The van der Waals surface area contributed by atoms with Gasteiger partial charge < -0.3 is 0 Å². The van der Waals surface area contributed by atoms with Crippen molar-refractivity contribution in [3.63, 3.8) is 0 Å². The van der Waals surface area contributed by atoms with Gasteiger partial charge in [-0.1, -0.05) is 82.7 Å². The Morgan fingerprint density at radius 3 is 1.96 bits per heavy atom. The lowest BCUT2D eigenvalue weighted by Gasteiger charge is -2.04. The maximum atomic E-state index is 12.5. The van der Waals surface area contributed by atoms with Gasteiger partial charge in [0.2, 0.25) is 0 Å². The van der Waals surface area contributed by atoms with E-state index in [0.717, 1.165) is 21.2 Å². The van der Waals surface area contributed by atoms with E-state index in [1.54, 1.807) is 0 Å². The third-order valence-electron chi connectivity index (χ3n) is 3.63. The predicted octanol–water partition coefficient (Wildman–Crippen LogP) is 6.73. The minimum absolute atomic E-state index is 0.0301. The molecular formula is C21H14Br2O. The van der Waals surface area contributed by atoms with E-state index in [2.05, 4.69) is 44.0 Å². The first-order valence-corrected chi connectivity index (χ1v) is 9.05. The summed E-state index contributed by atoms with van der Waals surface area (Å²) < 4.78 is 1.55. The molecule has 3 aromatic carbocycles. The lowest BCUT2D eigenvalue weighted by molar-refractivity contribution is 0.104. The summed E-state index contributed by atoms with van der Waals surface area (Å²) >= 11 is 6.80. The SMILES string of the molecule is O=C(/C(Br)=C/c1ccc(Br)cc1)c1ccc(-c2ccccc2)cc1. The van der Waals surface area contributed by atoms with Crippen molar-refractivity contribution in [3.8, 4) is 11.1 Å². The molecule has 0 atom stereocenters. The topological polar surface area (TPSA) is 17.1 Å². The number of carbonyl (C=O) groups is 1. The summed E-state index contributed by atoms with van der Waals surface area (Å²) in [6.45, 7) is 0. The first-order chi connectivity index (χ1) is 11.6. The summed E-state index contributed by atoms with van der Waals surface area (Å²) in [6, 6.07) is 25.6. The highest BCUT2D eigenvalue weighted by atomic mass is 79.9. The molecule has 0 saturated heterocycles. The van der Waals surface area contributed by atoms with Crippen LogP contribution in [0.1, 0.15) is 15.9 Å². The molecule has 0 bridgehead atoms. The molecule has 24 heavy (non-hydrogen) atoms. The van der Waals surface area contributed by atoms with Gasteiger partial charge >= 0.3 is 0 Å². The van der Waals surface area contributed by atoms with Crippen LogP contribution in [0.3, 0.4) is 0 Å². The molecular weight excluding hydrogens is 428 g/mol. The summed E-state index contributed by atoms with van der Waals surface area (Å²) in [4.78, 5) is 12.5. The van der Waals surface area contributed by atoms with E-state index in [1.165, 1.54) is 0 Å². The summed E-state index contributed by atoms with van der Waals surface area (Å²) in [5.41, 5.74) is 3.87. The normalized spacial score (nSPS) is 11.3. The number of rotatable bonds is 4. The molecule has 0 unspecified atom stereocenters. The molecule has 0 aliphatic rings. The monoisotopic (exact) mass is 440 g/mol. The summed E-state index contributed by atoms with van der Waals surface area (Å²) in [5, 5.41) is 0. The molecule has 0 fully saturated rings. The fourth-order valence-electron chi connectivity index (χ4n) is 2.35. The second kappa shape index (κ2) is 7.73. The molecule has 3 heteroatoms. The van der Waals surface area contributed by atoms with E-state index in [0.29, 0.717) is 10.0 Å². The van der Waals surface area contributed by atoms with Gasteiger partial charge in [0.1, 0.15) is 0 Å². The molecule has 0 spiro atoms. The summed E-state index contributed by atoms with van der Waals surface area (Å²) in [6.07, 6.45) is 1.83. The molecule has 3 aromatic rings. The van der Waals surface area contributed by atoms with Crippen molar-refractivity contribution < 1.29 is 4.79 Å². The van der Waals surface area contributed by atoms with Crippen LogP contribution in [-0.2, 0) is 0 Å². The molecule has 0 heterocycles. The van der Waals surface area contributed by atoms with Gasteiger partial charge in [-0.15, -0.1) is 0 Å². The second-order valence-corrected chi connectivity index (χ2v) is 7.09. The Morgan fingerprint density at radius 2 is 1.33 bits per heavy atom. The van der Waals surface area contributed by atoms with Crippen LogP contribution in [0.4, 0.5) is 0 Å². The van der Waals surface area contributed by atoms with Crippen LogP contribution in [0.15, 0.2) is 87.8 Å². The molecule has 0 N–H and O–H groups in total. The Hall–Kier alpha value is -1.97. The highest BCUT2D eigenvalue weighted by Gasteiger charge is 2.10. The lowest BCUT2D eigenvalue weighted by atomic mass is 10.0. The number of hydrogen-bond donors (Lipinski definition) is 0. The first kappa shape index (κ1) is 16.9. The maximum absolute atomic E-state index is 12.5. The highest BCUT2D eigenvalue weighted by molar-refractivity contribution is 9.12. The van der Waals surface area contributed by atoms with Gasteiger partial charge in [-0.2, -0.15) is 0 Å². The smallest absolute Gasteiger partial charge is 0.199 e. The van der Waals surface area contributed by atoms with Crippen molar-refractivity contribution in [2.75, 3.05) is 0 Å². The maximum Gasteiger partial charge on any atom is 0.199 e. The van der Waals surface area contributed by atoms with Crippen LogP contribution in [0.5, 0.6) is 0 Å². The first-order valence-electron chi connectivity index (χ1n) is 7.46. The minimum atomic E-state index is -0.0301. The van der Waals surface area contributed by atoms with Crippen LogP contribution >= 0.6 is 31.9 Å². The van der Waals surface area contributed by atoms with Gasteiger partial charge in [-0.05, 0) is 50.8 Å². The number of hydrogen-bond acceptors (Lipinski definition) is 1. The Morgan fingerprint density at radius 1 is 0.750 bits per heavy atom. The molecule has 1 nitrogen and oxygen atoms in total. The van der Waals surface area contributed by atoms with Crippen LogP contribution in [0, 0.1) is 0 Å². The Kier molecular flexibility index (Phi) is 5.44. The number of benzene rings is 3. The van der Waals surface area contributed by atoms with E-state index in [4.69, 9.17) is 0 Å². The lowest BCUT2D eigenvalue weighted by Crippen LogP contribution is -1.98. The zero-order valence-electron chi connectivity index (χ0n) is 12.7. The fourth-order valence-corrected chi connectivity index (χ4v) is 3.11. The van der Waals surface area contributed by atoms with Gasteiger partial charge in [0, 0.05) is 10.0 Å². The molecule has 0 aliphatic carbocycles. The van der Waals surface area contributed by atoms with Gasteiger partial charge in [0.05, 0.1) is 4.48 Å². The second-order valence-electron chi connectivity index (χ2n) is 5.32. The molecule has 0 amide bonds. The predicted molar refractivity (Wildman–Crippen MR) is 107 cm³/mol. The molecule has 0 saturated carbocycles. The highest BCUT2D eigenvalue weighted by Crippen LogP contribution is 2.23. The molecule has 3 rings (SSSR count). The number of carbonyl (C=O) groups excluding carboxylic acids is 1. The van der Waals surface area contributed by atoms with Gasteiger partial charge in [0.25, 0.3) is 0 Å². The average Bonchev–Trinajstić information content (AvgIpc) is 2.64. The van der Waals surface area contributed by atoms with E-state index < -0.39 is 0 Å². The van der Waals surface area contributed by atoms with Gasteiger partial charge in [-0.25, -0.2) is 0 Å². The summed E-state index contributed by atoms with van der Waals surface area (Å²) in [7, 11) is 0. The van der Waals surface area contributed by atoms with Crippen molar-refractivity contribution in [3.05, 3.63) is 98.9 Å². The van der Waals surface area contributed by atoms with Crippen LogP contribution < -0.4 is 0 Å². The zero-order chi connectivity index (χ0) is 16.9. The summed E-state index contributed by atoms with van der Waals surface area (Å²) in [5.74, 6) is -0.0301. The Balaban J connectivity index is 1.81. The number of allylic oxidation sites excluding steroid dienone is 1. The van der Waals surface area contributed by atoms with E-state index in [9.17, 15) is 4.79 Å². The van der Waals surface area contributed by atoms with E-state index >= 15 is 0 Å². The molecule has 118 valence electrons. The van der Waals surface area contributed by atoms with Crippen molar-refractivity contribution in [1.29, 1.82) is 0 Å². The van der Waals surface area contributed by atoms with Gasteiger partial charge in [0.15, 0.2) is 5.78 Å². The number of Topliss-reactive ketones (excluding diaryl/α,β-unsaturated/α-hetero) is 1. The zero-order valence-corrected chi connectivity index (χ0v) is 15.9. The quantitative estimate of drug-likeness (QED) is 0.323. The third-order valence-corrected chi connectivity index (χ3v) is 4.75. The standard InChI is InChI=1S/C21H14Br2O/c22-19-12-6-15(7-13-19)14-20(23)21(24)18-10-8-17(9-11-18)16-4-2-1-3-5-16/h1-14H/b20-14-. The average molecular weight is 442 g/mol. The van der Waals surface area contributed by atoms with Crippen molar-refractivity contribution in [2.24, 2.45) is 0 Å². The third kappa shape index (κ3) is 4.11. The van der Waals surface area contributed by atoms with Crippen molar-refractivity contribution >= 4 is 43.7 Å². The van der Waals surface area contributed by atoms with E-state index in [1.807, 2.05) is 72.8 Å².